The molecule has 29 heavy (non-hydrogen) atoms. The minimum atomic E-state index is -0.453. The number of aryl methyl sites for hydroxylation is 1. The number of hydrogen-bond donors (Lipinski definition) is 1. The predicted molar refractivity (Wildman–Crippen MR) is 105 cm³/mol. The number of benzene rings is 1. The van der Waals surface area contributed by atoms with E-state index in [1.807, 2.05) is 17.0 Å². The molecule has 1 saturated carbocycles. The van der Waals surface area contributed by atoms with Gasteiger partial charge in [-0.15, -0.1) is 5.10 Å². The number of β-amino-alcohol motifs (C(OH)–C–C–N with tert-alkyl or cyclic N) is 1. The van der Waals surface area contributed by atoms with E-state index in [0.717, 1.165) is 12.2 Å². The van der Waals surface area contributed by atoms with Crippen LogP contribution in [0.25, 0.3) is 0 Å². The zero-order valence-electron chi connectivity index (χ0n) is 16.6. The standard InChI is InChI=1S/C21H25N5O3/c1-14-22-23-20(29-14)26-12-18(27)21(13-26)17(19(21)15-6-4-3-5-7-15)11-25(2)10-16-8-9-28-24-16/h3-9,17-19,27H,10-13H2,1-2H3/t17-,18-,19-,21-/m1/s1. The van der Waals surface area contributed by atoms with Gasteiger partial charge in [0.25, 0.3) is 0 Å². The minimum Gasteiger partial charge on any atom is -0.408 e. The number of hydrogen-bond acceptors (Lipinski definition) is 8. The second-order valence-electron chi connectivity index (χ2n) is 8.29. The van der Waals surface area contributed by atoms with Gasteiger partial charge in [-0.2, -0.15) is 0 Å². The average molecular weight is 395 g/mol. The molecule has 4 atom stereocenters. The maximum absolute atomic E-state index is 11.2. The number of nitrogens with zero attached hydrogens (tertiary/aromatic N) is 5. The van der Waals surface area contributed by atoms with Crippen LogP contribution >= 0.6 is 0 Å². The lowest BCUT2D eigenvalue weighted by Gasteiger charge is -2.18. The zero-order chi connectivity index (χ0) is 20.0. The van der Waals surface area contributed by atoms with E-state index in [2.05, 4.69) is 51.6 Å². The van der Waals surface area contributed by atoms with Crippen molar-refractivity contribution in [1.82, 2.24) is 20.3 Å². The maximum atomic E-state index is 11.2. The number of anilines is 1. The largest absolute Gasteiger partial charge is 0.408 e. The molecule has 2 aliphatic rings. The van der Waals surface area contributed by atoms with Crippen LogP contribution in [0, 0.1) is 18.3 Å². The predicted octanol–water partition coefficient (Wildman–Crippen LogP) is 2.08. The topological polar surface area (TPSA) is 91.7 Å². The van der Waals surface area contributed by atoms with Gasteiger partial charge >= 0.3 is 6.01 Å². The van der Waals surface area contributed by atoms with Crippen LogP contribution in [0.1, 0.15) is 23.1 Å². The lowest BCUT2D eigenvalue weighted by Crippen LogP contribution is -2.28. The molecule has 0 bridgehead atoms. The number of aliphatic hydroxyl groups excluding tert-OH is 1. The third-order valence-electron chi connectivity index (χ3n) is 6.42. The fourth-order valence-corrected chi connectivity index (χ4v) is 5.12. The summed E-state index contributed by atoms with van der Waals surface area (Å²) in [6, 6.07) is 12.9. The van der Waals surface area contributed by atoms with E-state index in [4.69, 9.17) is 8.94 Å². The average Bonchev–Trinajstić information content (AvgIpc) is 3.17. The molecular weight excluding hydrogens is 370 g/mol. The van der Waals surface area contributed by atoms with E-state index in [0.29, 0.717) is 37.5 Å². The molecule has 1 saturated heterocycles. The Morgan fingerprint density at radius 1 is 1.24 bits per heavy atom. The molecule has 1 aliphatic heterocycles. The quantitative estimate of drug-likeness (QED) is 0.678. The smallest absolute Gasteiger partial charge is 0.318 e. The maximum Gasteiger partial charge on any atom is 0.318 e. The second kappa shape index (κ2) is 6.96. The van der Waals surface area contributed by atoms with Gasteiger partial charge in [0, 0.05) is 44.6 Å². The third-order valence-corrected chi connectivity index (χ3v) is 6.42. The van der Waals surface area contributed by atoms with Crippen LogP contribution in [-0.4, -0.2) is 58.1 Å². The molecule has 0 radical (unpaired) electrons. The first-order valence-electron chi connectivity index (χ1n) is 9.94. The highest BCUT2D eigenvalue weighted by atomic mass is 16.5. The first kappa shape index (κ1) is 18.3. The summed E-state index contributed by atoms with van der Waals surface area (Å²) in [5, 5.41) is 23.3. The zero-order valence-corrected chi connectivity index (χ0v) is 16.6. The molecule has 1 aliphatic carbocycles. The van der Waals surface area contributed by atoms with Crippen LogP contribution < -0.4 is 4.90 Å². The third kappa shape index (κ3) is 3.12. The van der Waals surface area contributed by atoms with E-state index in [1.54, 1.807) is 13.2 Å². The fourth-order valence-electron chi connectivity index (χ4n) is 5.12. The van der Waals surface area contributed by atoms with Crippen molar-refractivity contribution < 1.29 is 14.0 Å². The van der Waals surface area contributed by atoms with Gasteiger partial charge in [-0.1, -0.05) is 40.6 Å². The first-order valence-corrected chi connectivity index (χ1v) is 9.94. The SMILES string of the molecule is Cc1nnc(N2C[C@@H](O)[C@@]3(C2)[C@H](CN(C)Cc2ccon2)[C@H]3c2ccccc2)o1. The molecular formula is C21H25N5O3. The van der Waals surface area contributed by atoms with Gasteiger partial charge in [0.15, 0.2) is 0 Å². The van der Waals surface area contributed by atoms with Gasteiger partial charge in [0.1, 0.15) is 6.26 Å². The molecule has 0 amide bonds. The van der Waals surface area contributed by atoms with Crippen molar-refractivity contribution in [3.05, 3.63) is 59.8 Å². The van der Waals surface area contributed by atoms with Crippen molar-refractivity contribution in [2.75, 3.05) is 31.6 Å². The molecule has 0 unspecified atom stereocenters. The van der Waals surface area contributed by atoms with Gasteiger partial charge in [-0.3, -0.25) is 0 Å². The summed E-state index contributed by atoms with van der Waals surface area (Å²) in [5.41, 5.74) is 1.96. The lowest BCUT2D eigenvalue weighted by atomic mass is 9.95. The number of aliphatic hydroxyl groups is 1. The molecule has 1 spiro atoms. The van der Waals surface area contributed by atoms with E-state index >= 15 is 0 Å². The van der Waals surface area contributed by atoms with Crippen LogP contribution in [0.15, 0.2) is 51.6 Å². The molecule has 2 aromatic heterocycles. The van der Waals surface area contributed by atoms with Crippen LogP contribution in [0.5, 0.6) is 0 Å². The van der Waals surface area contributed by atoms with Crippen LogP contribution in [0.4, 0.5) is 6.01 Å². The summed E-state index contributed by atoms with van der Waals surface area (Å²) >= 11 is 0. The molecule has 8 heteroatoms. The Labute approximate surface area is 169 Å². The highest BCUT2D eigenvalue weighted by molar-refractivity contribution is 5.43. The van der Waals surface area contributed by atoms with Crippen molar-refractivity contribution >= 4 is 6.01 Å². The van der Waals surface area contributed by atoms with Crippen molar-refractivity contribution in [1.29, 1.82) is 0 Å². The van der Waals surface area contributed by atoms with Crippen LogP contribution in [0.2, 0.25) is 0 Å². The second-order valence-corrected chi connectivity index (χ2v) is 8.29. The molecule has 1 aromatic carbocycles. The Hall–Kier alpha value is -2.71. The Kier molecular flexibility index (Phi) is 4.40. The van der Waals surface area contributed by atoms with E-state index in [1.165, 1.54) is 5.56 Å². The summed E-state index contributed by atoms with van der Waals surface area (Å²) in [5.74, 6) is 1.15. The monoisotopic (exact) mass is 395 g/mol. The van der Waals surface area contributed by atoms with E-state index in [-0.39, 0.29) is 11.3 Å². The Morgan fingerprint density at radius 3 is 2.76 bits per heavy atom. The van der Waals surface area contributed by atoms with Gasteiger partial charge in [-0.05, 0) is 24.4 Å². The Balaban J connectivity index is 1.39. The molecule has 3 heterocycles. The molecule has 2 fully saturated rings. The Morgan fingerprint density at radius 2 is 2.07 bits per heavy atom. The highest BCUT2D eigenvalue weighted by Crippen LogP contribution is 2.69. The normalized spacial score (nSPS) is 28.6. The Bertz CT molecular complexity index is 960. The molecule has 5 rings (SSSR count). The fraction of sp³-hybridized carbons (Fsp3) is 0.476. The molecule has 8 nitrogen and oxygen atoms in total. The van der Waals surface area contributed by atoms with Gasteiger partial charge < -0.3 is 23.8 Å². The number of rotatable bonds is 6. The summed E-state index contributed by atoms with van der Waals surface area (Å²) < 4.78 is 10.6. The lowest BCUT2D eigenvalue weighted by molar-refractivity contribution is 0.118. The van der Waals surface area contributed by atoms with Crippen LogP contribution in [-0.2, 0) is 6.54 Å². The summed E-state index contributed by atoms with van der Waals surface area (Å²) in [4.78, 5) is 4.28. The van der Waals surface area contributed by atoms with Crippen molar-refractivity contribution in [2.24, 2.45) is 11.3 Å². The summed E-state index contributed by atoms with van der Waals surface area (Å²) in [7, 11) is 2.09. The molecule has 3 aromatic rings. The summed E-state index contributed by atoms with van der Waals surface area (Å²) in [6.45, 7) is 4.57. The van der Waals surface area contributed by atoms with Crippen molar-refractivity contribution in [3.63, 3.8) is 0 Å². The van der Waals surface area contributed by atoms with Crippen molar-refractivity contribution in [3.8, 4) is 0 Å². The minimum absolute atomic E-state index is 0.220. The van der Waals surface area contributed by atoms with Crippen LogP contribution in [0.3, 0.4) is 0 Å². The van der Waals surface area contributed by atoms with E-state index < -0.39 is 6.10 Å². The van der Waals surface area contributed by atoms with Gasteiger partial charge in [0.05, 0.1) is 11.8 Å². The van der Waals surface area contributed by atoms with E-state index in [9.17, 15) is 5.11 Å². The van der Waals surface area contributed by atoms with Crippen molar-refractivity contribution in [2.45, 2.75) is 25.5 Å². The molecule has 1 N–H and O–H groups in total. The molecule has 152 valence electrons. The first-order chi connectivity index (χ1) is 14.1. The highest BCUT2D eigenvalue weighted by Gasteiger charge is 2.71. The van der Waals surface area contributed by atoms with Gasteiger partial charge in [-0.25, -0.2) is 0 Å². The van der Waals surface area contributed by atoms with Gasteiger partial charge in [0.2, 0.25) is 5.89 Å². The summed E-state index contributed by atoms with van der Waals surface area (Å²) in [6.07, 6.45) is 1.14. The number of aromatic nitrogens is 3.